The fourth-order valence-electron chi connectivity index (χ4n) is 3.71. The molecule has 0 saturated carbocycles. The van der Waals surface area contributed by atoms with Crippen LogP contribution in [0.4, 0.5) is 5.95 Å². The van der Waals surface area contributed by atoms with Crippen molar-refractivity contribution < 1.29 is 0 Å². The van der Waals surface area contributed by atoms with Gasteiger partial charge in [-0.1, -0.05) is 6.92 Å². The van der Waals surface area contributed by atoms with E-state index in [0.717, 1.165) is 54.3 Å². The first-order valence-corrected chi connectivity index (χ1v) is 8.40. The Labute approximate surface area is 141 Å². The highest BCUT2D eigenvalue weighted by Gasteiger charge is 2.35. The molecule has 1 aliphatic heterocycles. The zero-order chi connectivity index (χ0) is 16.7. The summed E-state index contributed by atoms with van der Waals surface area (Å²) in [6.45, 7) is 6.19. The van der Waals surface area contributed by atoms with E-state index in [4.69, 9.17) is 4.98 Å². The zero-order valence-corrected chi connectivity index (χ0v) is 14.4. The van der Waals surface area contributed by atoms with Crippen LogP contribution in [0.2, 0.25) is 0 Å². The van der Waals surface area contributed by atoms with Gasteiger partial charge in [-0.25, -0.2) is 15.0 Å². The van der Waals surface area contributed by atoms with Gasteiger partial charge < -0.3 is 4.90 Å². The van der Waals surface area contributed by atoms with Gasteiger partial charge in [0.2, 0.25) is 5.95 Å². The first kappa shape index (κ1) is 15.1. The number of aryl methyl sites for hydroxylation is 2. The van der Waals surface area contributed by atoms with Crippen molar-refractivity contribution in [1.82, 2.24) is 24.7 Å². The van der Waals surface area contributed by atoms with Crippen LogP contribution in [0.25, 0.3) is 11.0 Å². The van der Waals surface area contributed by atoms with Crippen LogP contribution < -0.4 is 4.90 Å². The molecule has 0 aromatic carbocycles. The van der Waals surface area contributed by atoms with Gasteiger partial charge in [-0.05, 0) is 38.0 Å². The molecule has 1 aliphatic rings. The smallest absolute Gasteiger partial charge is 0.225 e. The third-order valence-electron chi connectivity index (χ3n) is 5.02. The van der Waals surface area contributed by atoms with E-state index >= 15 is 0 Å². The molecule has 0 amide bonds. The fraction of sp³-hybridized carbons (Fsp3) is 0.444. The molecule has 3 aromatic rings. The number of nitrogens with zero attached hydrogens (tertiary/aromatic N) is 6. The standard InChI is InChI=1S/C18H22N6/c1-13-14-6-7-15(21-16(14)23(3)22-13)18(2)8-4-11-24(12-18)17-19-9-5-10-20-17/h5-7,9-10H,4,8,11-12H2,1-3H3/t18-/m0/s1. The van der Waals surface area contributed by atoms with Crippen molar-refractivity contribution in [2.45, 2.75) is 32.1 Å². The highest BCUT2D eigenvalue weighted by Crippen LogP contribution is 2.34. The molecule has 24 heavy (non-hydrogen) atoms. The van der Waals surface area contributed by atoms with Crippen LogP contribution in [0, 0.1) is 6.92 Å². The van der Waals surface area contributed by atoms with Gasteiger partial charge in [0.1, 0.15) is 0 Å². The SMILES string of the molecule is Cc1nn(C)c2nc([C@@]3(C)CCCN(c4ncccn4)C3)ccc12. The lowest BCUT2D eigenvalue weighted by Gasteiger charge is -2.40. The summed E-state index contributed by atoms with van der Waals surface area (Å²) in [5, 5.41) is 5.61. The minimum Gasteiger partial charge on any atom is -0.340 e. The number of piperidine rings is 1. The van der Waals surface area contributed by atoms with Crippen molar-refractivity contribution in [2.24, 2.45) is 7.05 Å². The topological polar surface area (TPSA) is 59.7 Å². The molecule has 0 unspecified atom stereocenters. The van der Waals surface area contributed by atoms with Gasteiger partial charge in [0, 0.05) is 43.3 Å². The van der Waals surface area contributed by atoms with Gasteiger partial charge in [-0.2, -0.15) is 5.10 Å². The molecule has 1 atom stereocenters. The molecule has 4 heterocycles. The summed E-state index contributed by atoms with van der Waals surface area (Å²) in [4.78, 5) is 16.0. The molecule has 1 fully saturated rings. The van der Waals surface area contributed by atoms with Gasteiger partial charge in [0.05, 0.1) is 11.4 Å². The second kappa shape index (κ2) is 5.54. The molecule has 0 aliphatic carbocycles. The monoisotopic (exact) mass is 322 g/mol. The number of rotatable bonds is 2. The van der Waals surface area contributed by atoms with Gasteiger partial charge in [-0.15, -0.1) is 0 Å². The maximum absolute atomic E-state index is 4.95. The van der Waals surface area contributed by atoms with E-state index in [2.05, 4.69) is 39.0 Å². The van der Waals surface area contributed by atoms with Crippen molar-refractivity contribution >= 4 is 17.0 Å². The molecular weight excluding hydrogens is 300 g/mol. The fourth-order valence-corrected chi connectivity index (χ4v) is 3.71. The van der Waals surface area contributed by atoms with Gasteiger partial charge in [0.25, 0.3) is 0 Å². The minimum absolute atomic E-state index is 0.0101. The maximum atomic E-state index is 4.95. The quantitative estimate of drug-likeness (QED) is 0.726. The lowest BCUT2D eigenvalue weighted by Crippen LogP contribution is -2.45. The number of hydrogen-bond acceptors (Lipinski definition) is 5. The Hall–Kier alpha value is -2.50. The summed E-state index contributed by atoms with van der Waals surface area (Å²) in [6.07, 6.45) is 5.83. The first-order valence-electron chi connectivity index (χ1n) is 8.40. The normalized spacial score (nSPS) is 21.4. The Morgan fingerprint density at radius 3 is 2.75 bits per heavy atom. The van der Waals surface area contributed by atoms with Crippen molar-refractivity contribution in [3.63, 3.8) is 0 Å². The molecule has 0 N–H and O–H groups in total. The Kier molecular flexibility index (Phi) is 3.48. The van der Waals surface area contributed by atoms with Gasteiger partial charge in [-0.3, -0.25) is 4.68 Å². The molecule has 6 heteroatoms. The first-order chi connectivity index (χ1) is 11.6. The average molecular weight is 322 g/mol. The molecule has 124 valence electrons. The summed E-state index contributed by atoms with van der Waals surface area (Å²) in [5.74, 6) is 0.806. The molecule has 0 spiro atoms. The molecule has 0 radical (unpaired) electrons. The van der Waals surface area contributed by atoms with Crippen LogP contribution >= 0.6 is 0 Å². The second-order valence-electron chi connectivity index (χ2n) is 6.91. The molecule has 4 rings (SSSR count). The minimum atomic E-state index is -0.0101. The average Bonchev–Trinajstić information content (AvgIpc) is 2.90. The van der Waals surface area contributed by atoms with Gasteiger partial charge >= 0.3 is 0 Å². The molecule has 1 saturated heterocycles. The summed E-state index contributed by atoms with van der Waals surface area (Å²) < 4.78 is 1.87. The third-order valence-corrected chi connectivity index (χ3v) is 5.02. The Morgan fingerprint density at radius 2 is 1.96 bits per heavy atom. The third kappa shape index (κ3) is 2.42. The van der Waals surface area contributed by atoms with Crippen molar-refractivity contribution in [3.8, 4) is 0 Å². The Balaban J connectivity index is 1.70. The molecule has 3 aromatic heterocycles. The van der Waals surface area contributed by atoms with E-state index in [-0.39, 0.29) is 5.41 Å². The number of aromatic nitrogens is 5. The van der Waals surface area contributed by atoms with Crippen molar-refractivity contribution in [2.75, 3.05) is 18.0 Å². The van der Waals surface area contributed by atoms with E-state index in [9.17, 15) is 0 Å². The highest BCUT2D eigenvalue weighted by molar-refractivity contribution is 5.78. The van der Waals surface area contributed by atoms with E-state index < -0.39 is 0 Å². The highest BCUT2D eigenvalue weighted by atomic mass is 15.3. The van der Waals surface area contributed by atoms with Crippen LogP contribution in [0.3, 0.4) is 0 Å². The lowest BCUT2D eigenvalue weighted by molar-refractivity contribution is 0.362. The van der Waals surface area contributed by atoms with E-state index in [1.807, 2.05) is 24.7 Å². The number of anilines is 1. The number of hydrogen-bond donors (Lipinski definition) is 0. The summed E-state index contributed by atoms with van der Waals surface area (Å²) >= 11 is 0. The largest absolute Gasteiger partial charge is 0.340 e. The van der Waals surface area contributed by atoms with Crippen molar-refractivity contribution in [3.05, 3.63) is 42.0 Å². The van der Waals surface area contributed by atoms with Crippen LogP contribution in [0.15, 0.2) is 30.6 Å². The summed E-state index contributed by atoms with van der Waals surface area (Å²) in [6, 6.07) is 6.17. The van der Waals surface area contributed by atoms with Crippen LogP contribution in [0.1, 0.15) is 31.2 Å². The summed E-state index contributed by atoms with van der Waals surface area (Å²) in [7, 11) is 1.96. The van der Waals surface area contributed by atoms with E-state index in [1.165, 1.54) is 0 Å². The van der Waals surface area contributed by atoms with Crippen LogP contribution in [-0.4, -0.2) is 37.8 Å². The molecule has 6 nitrogen and oxygen atoms in total. The van der Waals surface area contributed by atoms with Crippen molar-refractivity contribution in [1.29, 1.82) is 0 Å². The summed E-state index contributed by atoms with van der Waals surface area (Å²) in [5.41, 5.74) is 3.10. The Morgan fingerprint density at radius 1 is 1.17 bits per heavy atom. The zero-order valence-electron chi connectivity index (χ0n) is 14.4. The molecule has 0 bridgehead atoms. The van der Waals surface area contributed by atoms with Gasteiger partial charge in [0.15, 0.2) is 5.65 Å². The number of fused-ring (bicyclic) bond motifs is 1. The maximum Gasteiger partial charge on any atom is 0.225 e. The van der Waals surface area contributed by atoms with E-state index in [1.54, 1.807) is 12.4 Å². The second-order valence-corrected chi connectivity index (χ2v) is 6.91. The predicted molar refractivity (Wildman–Crippen MR) is 94.1 cm³/mol. The lowest BCUT2D eigenvalue weighted by atomic mass is 9.78. The number of pyridine rings is 1. The van der Waals surface area contributed by atoms with Crippen LogP contribution in [0.5, 0.6) is 0 Å². The predicted octanol–water partition coefficient (Wildman–Crippen LogP) is 2.62. The van der Waals surface area contributed by atoms with E-state index in [0.29, 0.717) is 0 Å². The van der Waals surface area contributed by atoms with Crippen LogP contribution in [-0.2, 0) is 12.5 Å². The Bertz CT molecular complexity index is 872. The molecular formula is C18H22N6.